The van der Waals surface area contributed by atoms with Crippen LogP contribution in [0.25, 0.3) is 0 Å². The van der Waals surface area contributed by atoms with E-state index in [1.807, 2.05) is 45.0 Å². The van der Waals surface area contributed by atoms with Crippen molar-refractivity contribution in [3.8, 4) is 0 Å². The lowest BCUT2D eigenvalue weighted by Crippen LogP contribution is -2.08. The van der Waals surface area contributed by atoms with E-state index in [2.05, 4.69) is 5.32 Å². The number of allylic oxidation sites excluding steroid dienone is 1. The summed E-state index contributed by atoms with van der Waals surface area (Å²) in [4.78, 5) is 11.3. The van der Waals surface area contributed by atoms with Crippen molar-refractivity contribution in [2.75, 3.05) is 5.32 Å². The third-order valence-electron chi connectivity index (χ3n) is 1.74. The number of benzene rings is 1. The minimum absolute atomic E-state index is 0.0751. The first-order valence-electron chi connectivity index (χ1n) is 4.60. The van der Waals surface area contributed by atoms with E-state index in [0.717, 1.165) is 11.3 Å². The lowest BCUT2D eigenvalue weighted by molar-refractivity contribution is -0.111. The van der Waals surface area contributed by atoms with Crippen LogP contribution in [-0.2, 0) is 4.79 Å². The minimum atomic E-state index is -0.0751. The molecular formula is C12H15NO. The second-order valence-corrected chi connectivity index (χ2v) is 3.58. The number of aryl methyl sites for hydroxylation is 1. The molecule has 0 heterocycles. The topological polar surface area (TPSA) is 29.1 Å². The first kappa shape index (κ1) is 10.5. The van der Waals surface area contributed by atoms with Gasteiger partial charge in [-0.25, -0.2) is 0 Å². The number of anilines is 1. The van der Waals surface area contributed by atoms with Crippen molar-refractivity contribution in [1.29, 1.82) is 0 Å². The third kappa shape index (κ3) is 3.44. The molecule has 0 spiro atoms. The lowest BCUT2D eigenvalue weighted by Gasteiger charge is -2.02. The van der Waals surface area contributed by atoms with Gasteiger partial charge in [0.05, 0.1) is 0 Å². The summed E-state index contributed by atoms with van der Waals surface area (Å²) in [5, 5.41) is 2.79. The van der Waals surface area contributed by atoms with Crippen LogP contribution >= 0.6 is 0 Å². The summed E-state index contributed by atoms with van der Waals surface area (Å²) in [6, 6.07) is 7.73. The summed E-state index contributed by atoms with van der Waals surface area (Å²) >= 11 is 0. The standard InChI is InChI=1S/C12H15NO/c1-9(2)8-12(14)13-11-6-4-10(3)5-7-11/h4-8H,1-3H3,(H,13,14). The first-order chi connectivity index (χ1) is 6.58. The Bertz CT molecular complexity index is 345. The summed E-state index contributed by atoms with van der Waals surface area (Å²) in [5.41, 5.74) is 3.01. The Morgan fingerprint density at radius 2 is 1.79 bits per heavy atom. The summed E-state index contributed by atoms with van der Waals surface area (Å²) in [6.07, 6.45) is 1.58. The summed E-state index contributed by atoms with van der Waals surface area (Å²) < 4.78 is 0. The van der Waals surface area contributed by atoms with Crippen LogP contribution in [0.15, 0.2) is 35.9 Å². The molecule has 1 aromatic carbocycles. The van der Waals surface area contributed by atoms with Gasteiger partial charge < -0.3 is 5.32 Å². The molecule has 0 saturated carbocycles. The third-order valence-corrected chi connectivity index (χ3v) is 1.74. The van der Waals surface area contributed by atoms with E-state index in [0.29, 0.717) is 0 Å². The van der Waals surface area contributed by atoms with Crippen molar-refractivity contribution in [2.45, 2.75) is 20.8 Å². The lowest BCUT2D eigenvalue weighted by atomic mass is 10.2. The van der Waals surface area contributed by atoms with E-state index in [9.17, 15) is 4.79 Å². The number of amides is 1. The first-order valence-corrected chi connectivity index (χ1v) is 4.60. The van der Waals surface area contributed by atoms with E-state index < -0.39 is 0 Å². The van der Waals surface area contributed by atoms with Gasteiger partial charge in [0, 0.05) is 11.8 Å². The van der Waals surface area contributed by atoms with Crippen molar-refractivity contribution >= 4 is 11.6 Å². The van der Waals surface area contributed by atoms with Crippen molar-refractivity contribution in [2.24, 2.45) is 0 Å². The van der Waals surface area contributed by atoms with Crippen molar-refractivity contribution < 1.29 is 4.79 Å². The van der Waals surface area contributed by atoms with Crippen molar-refractivity contribution in [3.63, 3.8) is 0 Å². The van der Waals surface area contributed by atoms with Gasteiger partial charge in [0.25, 0.3) is 0 Å². The Labute approximate surface area is 84.6 Å². The predicted molar refractivity (Wildman–Crippen MR) is 59.2 cm³/mol. The normalized spacial score (nSPS) is 9.36. The number of carbonyl (C=O) groups is 1. The number of nitrogens with one attached hydrogen (secondary N) is 1. The van der Waals surface area contributed by atoms with Crippen LogP contribution in [0.3, 0.4) is 0 Å². The van der Waals surface area contributed by atoms with Gasteiger partial charge in [-0.05, 0) is 32.9 Å². The molecule has 0 fully saturated rings. The highest BCUT2D eigenvalue weighted by molar-refractivity contribution is 5.99. The zero-order valence-corrected chi connectivity index (χ0v) is 8.79. The largest absolute Gasteiger partial charge is 0.323 e. The zero-order valence-electron chi connectivity index (χ0n) is 8.79. The Hall–Kier alpha value is -1.57. The highest BCUT2D eigenvalue weighted by Gasteiger charge is 1.96. The number of hydrogen-bond donors (Lipinski definition) is 1. The molecule has 0 radical (unpaired) electrons. The molecule has 1 aromatic rings. The van der Waals surface area contributed by atoms with Crippen LogP contribution < -0.4 is 5.32 Å². The molecule has 0 bridgehead atoms. The molecular weight excluding hydrogens is 174 g/mol. The number of carbonyl (C=O) groups excluding carboxylic acids is 1. The highest BCUT2D eigenvalue weighted by atomic mass is 16.1. The molecule has 14 heavy (non-hydrogen) atoms. The maximum Gasteiger partial charge on any atom is 0.248 e. The summed E-state index contributed by atoms with van der Waals surface area (Å²) in [7, 11) is 0. The molecule has 2 nitrogen and oxygen atoms in total. The Kier molecular flexibility index (Phi) is 3.46. The average Bonchev–Trinajstić information content (AvgIpc) is 2.07. The zero-order chi connectivity index (χ0) is 10.6. The molecule has 0 aliphatic heterocycles. The monoisotopic (exact) mass is 189 g/mol. The van der Waals surface area contributed by atoms with Gasteiger partial charge >= 0.3 is 0 Å². The summed E-state index contributed by atoms with van der Waals surface area (Å²) in [5.74, 6) is -0.0751. The van der Waals surface area contributed by atoms with Crippen LogP contribution in [-0.4, -0.2) is 5.91 Å². The molecule has 0 saturated heterocycles. The van der Waals surface area contributed by atoms with E-state index in [1.165, 1.54) is 5.56 Å². The average molecular weight is 189 g/mol. The van der Waals surface area contributed by atoms with Crippen molar-refractivity contribution in [1.82, 2.24) is 0 Å². The van der Waals surface area contributed by atoms with Crippen LogP contribution in [0.4, 0.5) is 5.69 Å². The van der Waals surface area contributed by atoms with E-state index in [1.54, 1.807) is 6.08 Å². The van der Waals surface area contributed by atoms with E-state index in [-0.39, 0.29) is 5.91 Å². The van der Waals surface area contributed by atoms with Crippen molar-refractivity contribution in [3.05, 3.63) is 41.5 Å². The van der Waals surface area contributed by atoms with Crippen LogP contribution in [0.2, 0.25) is 0 Å². The van der Waals surface area contributed by atoms with Gasteiger partial charge in [0.2, 0.25) is 5.91 Å². The molecule has 0 unspecified atom stereocenters. The second-order valence-electron chi connectivity index (χ2n) is 3.58. The van der Waals surface area contributed by atoms with Gasteiger partial charge in [-0.3, -0.25) is 4.79 Å². The fourth-order valence-corrected chi connectivity index (χ4v) is 1.08. The minimum Gasteiger partial charge on any atom is -0.323 e. The van der Waals surface area contributed by atoms with Gasteiger partial charge in [-0.1, -0.05) is 23.3 Å². The molecule has 1 rings (SSSR count). The van der Waals surface area contributed by atoms with Crippen LogP contribution in [0, 0.1) is 6.92 Å². The quantitative estimate of drug-likeness (QED) is 0.712. The summed E-state index contributed by atoms with van der Waals surface area (Å²) in [6.45, 7) is 5.81. The molecule has 0 aromatic heterocycles. The number of rotatable bonds is 2. The molecule has 2 heteroatoms. The number of hydrogen-bond acceptors (Lipinski definition) is 1. The molecule has 1 amide bonds. The van der Waals surface area contributed by atoms with Crippen LogP contribution in [0.5, 0.6) is 0 Å². The predicted octanol–water partition coefficient (Wildman–Crippen LogP) is 2.90. The smallest absolute Gasteiger partial charge is 0.248 e. The fraction of sp³-hybridized carbons (Fsp3) is 0.250. The Balaban J connectivity index is 2.66. The molecule has 0 aliphatic rings. The Morgan fingerprint density at radius 1 is 1.21 bits per heavy atom. The molecule has 0 aliphatic carbocycles. The molecule has 74 valence electrons. The van der Waals surface area contributed by atoms with E-state index in [4.69, 9.17) is 0 Å². The highest BCUT2D eigenvalue weighted by Crippen LogP contribution is 2.08. The maximum absolute atomic E-state index is 11.3. The molecule has 1 N–H and O–H groups in total. The SMILES string of the molecule is CC(C)=CC(=O)Nc1ccc(C)cc1. The Morgan fingerprint density at radius 3 is 2.29 bits per heavy atom. The maximum atomic E-state index is 11.3. The van der Waals surface area contributed by atoms with Gasteiger partial charge in [0.15, 0.2) is 0 Å². The van der Waals surface area contributed by atoms with E-state index >= 15 is 0 Å². The second kappa shape index (κ2) is 4.61. The van der Waals surface area contributed by atoms with Crippen LogP contribution in [0.1, 0.15) is 19.4 Å². The van der Waals surface area contributed by atoms with Gasteiger partial charge in [0.1, 0.15) is 0 Å². The van der Waals surface area contributed by atoms with Gasteiger partial charge in [-0.15, -0.1) is 0 Å². The fourth-order valence-electron chi connectivity index (χ4n) is 1.08. The molecule has 0 atom stereocenters. The van der Waals surface area contributed by atoms with Gasteiger partial charge in [-0.2, -0.15) is 0 Å².